The molecule has 0 aliphatic carbocycles. The van der Waals surface area contributed by atoms with Gasteiger partial charge in [-0.3, -0.25) is 0 Å². The van der Waals surface area contributed by atoms with Gasteiger partial charge in [-0.25, -0.2) is 0 Å². The van der Waals surface area contributed by atoms with Crippen LogP contribution in [0.1, 0.15) is 26.2 Å². The van der Waals surface area contributed by atoms with Crippen molar-refractivity contribution < 1.29 is 5.11 Å². The fourth-order valence-electron chi connectivity index (χ4n) is 0.362. The number of unbranched alkanes of at least 4 members (excludes halogenated alkanes) is 2. The Hall–Kier alpha value is -0.120. The SMILES string of the molecule is CCCCCO.N.N. The first-order chi connectivity index (χ1) is 2.91. The number of aliphatic hydroxyl groups excluding tert-OH is 1. The molecule has 0 aliphatic rings. The van der Waals surface area contributed by atoms with Crippen LogP contribution in [-0.4, -0.2) is 11.7 Å². The van der Waals surface area contributed by atoms with Gasteiger partial charge < -0.3 is 17.4 Å². The van der Waals surface area contributed by atoms with Gasteiger partial charge in [-0.1, -0.05) is 19.8 Å². The van der Waals surface area contributed by atoms with Crippen LogP contribution in [-0.2, 0) is 0 Å². The summed E-state index contributed by atoms with van der Waals surface area (Å²) in [7, 11) is 0. The van der Waals surface area contributed by atoms with Gasteiger partial charge in [-0.2, -0.15) is 0 Å². The summed E-state index contributed by atoms with van der Waals surface area (Å²) in [5.41, 5.74) is 0. The van der Waals surface area contributed by atoms with Crippen molar-refractivity contribution in [3.8, 4) is 0 Å². The van der Waals surface area contributed by atoms with E-state index in [2.05, 4.69) is 6.92 Å². The first kappa shape index (κ1) is 15.7. The van der Waals surface area contributed by atoms with Gasteiger partial charge in [0.05, 0.1) is 0 Å². The fourth-order valence-corrected chi connectivity index (χ4v) is 0.362. The number of hydrogen-bond acceptors (Lipinski definition) is 3. The zero-order valence-corrected chi connectivity index (χ0v) is 5.69. The quantitative estimate of drug-likeness (QED) is 0.495. The second-order valence-electron chi connectivity index (χ2n) is 1.43. The molecular formula is C5H18N2O. The lowest BCUT2D eigenvalue weighted by Crippen LogP contribution is -1.78. The molecule has 0 atom stereocenters. The van der Waals surface area contributed by atoms with Crippen LogP contribution in [0.3, 0.4) is 0 Å². The molecule has 0 radical (unpaired) electrons. The van der Waals surface area contributed by atoms with Gasteiger partial charge >= 0.3 is 0 Å². The Morgan fingerprint density at radius 2 is 1.62 bits per heavy atom. The monoisotopic (exact) mass is 122 g/mol. The van der Waals surface area contributed by atoms with Crippen LogP contribution in [0.2, 0.25) is 0 Å². The molecule has 0 rings (SSSR count). The molecular weight excluding hydrogens is 104 g/mol. The van der Waals surface area contributed by atoms with Gasteiger partial charge in [0.15, 0.2) is 0 Å². The molecule has 0 saturated heterocycles. The van der Waals surface area contributed by atoms with Gasteiger partial charge in [-0.05, 0) is 6.42 Å². The topological polar surface area (TPSA) is 90.2 Å². The minimum absolute atomic E-state index is 0. The van der Waals surface area contributed by atoms with Crippen molar-refractivity contribution in [1.82, 2.24) is 12.3 Å². The average molecular weight is 122 g/mol. The molecule has 54 valence electrons. The van der Waals surface area contributed by atoms with Crippen LogP contribution in [0.15, 0.2) is 0 Å². The summed E-state index contributed by atoms with van der Waals surface area (Å²) >= 11 is 0. The predicted octanol–water partition coefficient (Wildman–Crippen LogP) is 1.49. The second kappa shape index (κ2) is 15.8. The molecule has 0 unspecified atom stereocenters. The summed E-state index contributed by atoms with van der Waals surface area (Å²) in [5, 5.41) is 8.20. The Morgan fingerprint density at radius 1 is 1.12 bits per heavy atom. The van der Waals surface area contributed by atoms with Crippen molar-refractivity contribution in [1.29, 1.82) is 0 Å². The molecule has 0 spiro atoms. The molecule has 3 heteroatoms. The van der Waals surface area contributed by atoms with Gasteiger partial charge in [0.2, 0.25) is 0 Å². The maximum absolute atomic E-state index is 8.20. The van der Waals surface area contributed by atoms with E-state index in [0.29, 0.717) is 6.61 Å². The molecule has 7 N–H and O–H groups in total. The Balaban J connectivity index is -0.000000125. The third kappa shape index (κ3) is 16.9. The highest BCUT2D eigenvalue weighted by Crippen LogP contribution is 1.89. The molecule has 0 amide bonds. The van der Waals surface area contributed by atoms with Gasteiger partial charge in [0.25, 0.3) is 0 Å². The van der Waals surface area contributed by atoms with E-state index < -0.39 is 0 Å². The average Bonchev–Trinajstić information content (AvgIpc) is 1.61. The van der Waals surface area contributed by atoms with E-state index in [1.807, 2.05) is 0 Å². The van der Waals surface area contributed by atoms with E-state index in [1.54, 1.807) is 0 Å². The molecule has 0 aromatic rings. The molecule has 0 heterocycles. The molecule has 8 heavy (non-hydrogen) atoms. The minimum Gasteiger partial charge on any atom is -0.396 e. The van der Waals surface area contributed by atoms with E-state index >= 15 is 0 Å². The van der Waals surface area contributed by atoms with Crippen molar-refractivity contribution in [3.05, 3.63) is 0 Å². The molecule has 0 bridgehead atoms. The van der Waals surface area contributed by atoms with Gasteiger partial charge in [-0.15, -0.1) is 0 Å². The van der Waals surface area contributed by atoms with Crippen LogP contribution >= 0.6 is 0 Å². The maximum atomic E-state index is 8.20. The molecule has 0 aromatic heterocycles. The second-order valence-corrected chi connectivity index (χ2v) is 1.43. The van der Waals surface area contributed by atoms with Crippen LogP contribution < -0.4 is 12.3 Å². The summed E-state index contributed by atoms with van der Waals surface area (Å²) in [5.74, 6) is 0. The summed E-state index contributed by atoms with van der Waals surface area (Å²) < 4.78 is 0. The Morgan fingerprint density at radius 3 is 1.75 bits per heavy atom. The summed E-state index contributed by atoms with van der Waals surface area (Å²) in [4.78, 5) is 0. The number of rotatable bonds is 3. The van der Waals surface area contributed by atoms with E-state index in [1.165, 1.54) is 6.42 Å². The van der Waals surface area contributed by atoms with Gasteiger partial charge in [0, 0.05) is 6.61 Å². The lowest BCUT2D eigenvalue weighted by molar-refractivity contribution is 0.284. The van der Waals surface area contributed by atoms with Crippen molar-refractivity contribution in [3.63, 3.8) is 0 Å². The Kier molecular flexibility index (Phi) is 30.9. The zero-order chi connectivity index (χ0) is 4.83. The summed E-state index contributed by atoms with van der Waals surface area (Å²) in [6, 6.07) is 0. The van der Waals surface area contributed by atoms with Crippen LogP contribution in [0, 0.1) is 0 Å². The van der Waals surface area contributed by atoms with E-state index in [9.17, 15) is 0 Å². The smallest absolute Gasteiger partial charge is 0.0431 e. The number of aliphatic hydroxyl groups is 1. The van der Waals surface area contributed by atoms with E-state index in [-0.39, 0.29) is 12.3 Å². The molecule has 0 aromatic carbocycles. The molecule has 0 saturated carbocycles. The normalized spacial score (nSPS) is 6.75. The van der Waals surface area contributed by atoms with Crippen molar-refractivity contribution >= 4 is 0 Å². The third-order valence-electron chi connectivity index (χ3n) is 0.762. The van der Waals surface area contributed by atoms with Crippen LogP contribution in [0.5, 0.6) is 0 Å². The van der Waals surface area contributed by atoms with Gasteiger partial charge in [0.1, 0.15) is 0 Å². The molecule has 0 fully saturated rings. The van der Waals surface area contributed by atoms with E-state index in [4.69, 9.17) is 5.11 Å². The van der Waals surface area contributed by atoms with Crippen molar-refractivity contribution in [2.24, 2.45) is 0 Å². The fraction of sp³-hybridized carbons (Fsp3) is 1.00. The Bertz CT molecular complexity index is 22.4. The highest BCUT2D eigenvalue weighted by atomic mass is 16.2. The Labute approximate surface area is 51.3 Å². The van der Waals surface area contributed by atoms with Crippen LogP contribution in [0.25, 0.3) is 0 Å². The van der Waals surface area contributed by atoms with Crippen molar-refractivity contribution in [2.75, 3.05) is 6.61 Å². The number of hydrogen-bond donors (Lipinski definition) is 3. The van der Waals surface area contributed by atoms with Crippen LogP contribution in [0.4, 0.5) is 0 Å². The molecule has 3 nitrogen and oxygen atoms in total. The largest absolute Gasteiger partial charge is 0.396 e. The summed E-state index contributed by atoms with van der Waals surface area (Å²) in [6.07, 6.45) is 3.33. The highest BCUT2D eigenvalue weighted by Gasteiger charge is 1.76. The predicted molar refractivity (Wildman–Crippen MR) is 36.7 cm³/mol. The third-order valence-corrected chi connectivity index (χ3v) is 0.762. The lowest BCUT2D eigenvalue weighted by atomic mass is 10.3. The zero-order valence-electron chi connectivity index (χ0n) is 5.69. The first-order valence-corrected chi connectivity index (χ1v) is 2.52. The maximum Gasteiger partial charge on any atom is 0.0431 e. The standard InChI is InChI=1S/C5H12O.2H3N/c1-2-3-4-5-6;;/h6H,2-5H2,1H3;2*1H3. The molecule has 0 aliphatic heterocycles. The first-order valence-electron chi connectivity index (χ1n) is 2.52. The highest BCUT2D eigenvalue weighted by molar-refractivity contribution is 4.30. The lowest BCUT2D eigenvalue weighted by Gasteiger charge is -1.85. The van der Waals surface area contributed by atoms with Crippen molar-refractivity contribution in [2.45, 2.75) is 26.2 Å². The van der Waals surface area contributed by atoms with E-state index in [0.717, 1.165) is 12.8 Å². The summed E-state index contributed by atoms with van der Waals surface area (Å²) in [6.45, 7) is 2.48. The minimum atomic E-state index is 0.